The number of aromatic amines is 1. The first-order valence-electron chi connectivity index (χ1n) is 36.6. The van der Waals surface area contributed by atoms with Gasteiger partial charge in [0.15, 0.2) is 5.96 Å². The number of hydrogen-bond donors (Lipinski definition) is 24. The van der Waals surface area contributed by atoms with Crippen molar-refractivity contribution in [3.8, 4) is 0 Å². The van der Waals surface area contributed by atoms with Crippen LogP contribution in [0.3, 0.4) is 0 Å². The number of H-pyrrole nitrogens is 1. The third-order valence-electron chi connectivity index (χ3n) is 16.7. The third-order valence-corrected chi connectivity index (χ3v) is 16.7. The number of carboxylic acid groups (broad SMARTS) is 2. The molecule has 0 unspecified atom stereocenters. The van der Waals surface area contributed by atoms with Gasteiger partial charge in [-0.2, -0.15) is 0 Å². The Kier molecular flexibility index (Phi) is 44.2. The van der Waals surface area contributed by atoms with E-state index < -0.39 is 261 Å². The van der Waals surface area contributed by atoms with E-state index >= 15 is 0 Å². The largest absolute Gasteiger partial charge is 0.481 e. The first-order chi connectivity index (χ1) is 52.7. The van der Waals surface area contributed by atoms with Gasteiger partial charge in [-0.05, 0) is 110 Å². The van der Waals surface area contributed by atoms with E-state index in [1.54, 1.807) is 13.8 Å². The molecule has 0 spiro atoms. The topological polar surface area (TPSA) is 751 Å². The Morgan fingerprint density at radius 2 is 0.664 bits per heavy atom. The fraction of sp³-hybridized carbons (Fsp3) is 0.662. The molecule has 0 aromatic carbocycles. The van der Waals surface area contributed by atoms with Crippen LogP contribution in [-0.4, -0.2) is 247 Å². The van der Waals surface area contributed by atoms with Crippen LogP contribution in [0, 0.1) is 17.8 Å². The van der Waals surface area contributed by atoms with E-state index in [4.69, 9.17) is 34.4 Å². The quantitative estimate of drug-likeness (QED) is 0.0164. The number of aliphatic hydroxyl groups is 1. The number of carbonyl (C=O) groups excluding carboxylic acids is 17. The van der Waals surface area contributed by atoms with Crippen molar-refractivity contribution in [2.24, 2.45) is 57.1 Å². The first-order valence-corrected chi connectivity index (χ1v) is 36.6. The summed E-state index contributed by atoms with van der Waals surface area (Å²) in [6.07, 6.45) is -2.11. The molecule has 0 aliphatic carbocycles. The van der Waals surface area contributed by atoms with Gasteiger partial charge in [0.1, 0.15) is 84.6 Å². The van der Waals surface area contributed by atoms with Crippen LogP contribution < -0.4 is 109 Å². The van der Waals surface area contributed by atoms with Crippen LogP contribution in [-0.2, 0) is 97.5 Å². The predicted molar refractivity (Wildman–Crippen MR) is 401 cm³/mol. The Bertz CT molecular complexity index is 3500. The zero-order valence-corrected chi connectivity index (χ0v) is 65.3. The van der Waals surface area contributed by atoms with E-state index in [1.165, 1.54) is 33.3 Å². The highest BCUT2D eigenvalue weighted by Gasteiger charge is 2.37. The van der Waals surface area contributed by atoms with Gasteiger partial charge in [0.2, 0.25) is 100 Å². The molecule has 0 radical (unpaired) electrons. The number of primary amides is 3. The Morgan fingerprint density at radius 1 is 0.372 bits per heavy atom. The molecule has 0 aliphatic heterocycles. The van der Waals surface area contributed by atoms with E-state index in [0.29, 0.717) is 12.1 Å². The lowest BCUT2D eigenvalue weighted by atomic mass is 10.0. The van der Waals surface area contributed by atoms with Crippen molar-refractivity contribution in [2.75, 3.05) is 13.2 Å². The van der Waals surface area contributed by atoms with Gasteiger partial charge >= 0.3 is 11.9 Å². The van der Waals surface area contributed by atoms with Gasteiger partial charge in [0.05, 0.1) is 19.0 Å². The monoisotopic (exact) mass is 1610 g/mol. The van der Waals surface area contributed by atoms with Gasteiger partial charge in [0, 0.05) is 50.5 Å². The van der Waals surface area contributed by atoms with Crippen molar-refractivity contribution in [3.05, 3.63) is 18.2 Å². The van der Waals surface area contributed by atoms with Crippen molar-refractivity contribution in [2.45, 2.75) is 257 Å². The number of aliphatic imine (C=N–C) groups is 1. The summed E-state index contributed by atoms with van der Waals surface area (Å²) in [5.74, 6) is -20.6. The minimum atomic E-state index is -1.83. The number of imidazole rings is 1. The third kappa shape index (κ3) is 39.7. The predicted octanol–water partition coefficient (Wildman–Crippen LogP) is -8.90. The number of guanidine groups is 1. The van der Waals surface area contributed by atoms with Crippen molar-refractivity contribution in [1.82, 2.24) is 84.4 Å². The second kappa shape index (κ2) is 50.3. The van der Waals surface area contributed by atoms with E-state index in [2.05, 4.69) is 89.4 Å². The number of amides is 17. The maximum Gasteiger partial charge on any atom is 0.326 e. The molecule has 1 heterocycles. The minimum absolute atomic E-state index is 0.0606. The average Bonchev–Trinajstić information content (AvgIpc) is 1.72. The molecular weight excluding hydrogens is 1490 g/mol. The minimum Gasteiger partial charge on any atom is -0.481 e. The standard InChI is InChI=1S/C68H115N23O22/c1-30(2)23-39(69)58(103)89-45(24-31(3)4)63(108)80-33(7)53(98)78-34(8)56(101)88-47(26-38-27-75-29-77-38)64(109)81-37(11)57(102)91-48(28-92)66(111)82-36(10)54(99)83-40(13-12-22-76-68(73)74)60(105)86-42(15-19-50(71)94)61(106)85-41(14-18-49(70)93)59(104)79-35(9)55(100)84-43(17-21-52(96)97)62(107)90-46(25-32(5)6)65(110)87-44(67(112)113)16-20-51(72)95/h27,29-37,39-48,92H,12-26,28,69H2,1-11H3,(H2,70,93)(H2,71,94)(H2,72,95)(H,75,77)(H,78,98)(H,79,104)(H,80,108)(H,81,109)(H,82,111)(H,83,99)(H,84,100)(H,85,106)(H,86,105)(H,87,110)(H,88,101)(H,89,103)(H,90,107)(H,91,102)(H,96,97)(H,112,113)(H4,73,74,76)/t33-,34-,35-,36-,37-,39-,40-,41-,42-,43-,44-,45-,46-,47-,48-/m0/s1. The number of nitrogens with one attached hydrogen (secondary N) is 15. The van der Waals surface area contributed by atoms with E-state index in [1.807, 2.05) is 27.7 Å². The van der Waals surface area contributed by atoms with Gasteiger partial charge in [-0.15, -0.1) is 0 Å². The van der Waals surface area contributed by atoms with Crippen LogP contribution in [0.15, 0.2) is 17.5 Å². The molecule has 1 rings (SSSR count). The van der Waals surface area contributed by atoms with Crippen LogP contribution in [0.25, 0.3) is 0 Å². The van der Waals surface area contributed by atoms with Gasteiger partial charge in [0.25, 0.3) is 0 Å². The lowest BCUT2D eigenvalue weighted by Gasteiger charge is -2.27. The van der Waals surface area contributed by atoms with Crippen molar-refractivity contribution >= 4 is 118 Å². The second-order valence-electron chi connectivity index (χ2n) is 28.4. The molecule has 45 nitrogen and oxygen atoms in total. The average molecular weight is 1610 g/mol. The molecule has 0 saturated heterocycles. The summed E-state index contributed by atoms with van der Waals surface area (Å²) in [4.78, 5) is 261. The number of rotatable bonds is 54. The van der Waals surface area contributed by atoms with Crippen LogP contribution in [0.4, 0.5) is 0 Å². The lowest BCUT2D eigenvalue weighted by Crippen LogP contribution is -2.60. The highest BCUT2D eigenvalue weighted by atomic mass is 16.4. The molecule has 0 fully saturated rings. The van der Waals surface area contributed by atoms with Crippen molar-refractivity contribution < 1.29 is 106 Å². The molecule has 30 N–H and O–H groups in total. The number of aromatic nitrogens is 2. The Labute approximate surface area is 652 Å². The molecule has 0 saturated carbocycles. The van der Waals surface area contributed by atoms with Gasteiger partial charge < -0.3 is 129 Å². The van der Waals surface area contributed by atoms with Crippen LogP contribution in [0.1, 0.15) is 165 Å². The molecule has 1 aromatic heterocycles. The molecule has 17 amide bonds. The molecule has 45 heteroatoms. The van der Waals surface area contributed by atoms with E-state index in [-0.39, 0.29) is 62.4 Å². The van der Waals surface area contributed by atoms with Gasteiger partial charge in [-0.3, -0.25) is 91.3 Å². The maximum atomic E-state index is 14.3. The summed E-state index contributed by atoms with van der Waals surface area (Å²) in [7, 11) is 0. The molecule has 0 aliphatic rings. The van der Waals surface area contributed by atoms with E-state index in [9.17, 15) is 106 Å². The smallest absolute Gasteiger partial charge is 0.326 e. The number of hydrogen-bond acceptors (Lipinski definition) is 23. The molecule has 113 heavy (non-hydrogen) atoms. The second-order valence-corrected chi connectivity index (χ2v) is 28.4. The van der Waals surface area contributed by atoms with Crippen LogP contribution >= 0.6 is 0 Å². The number of carbonyl (C=O) groups is 19. The summed E-state index contributed by atoms with van der Waals surface area (Å²) >= 11 is 0. The highest BCUT2D eigenvalue weighted by Crippen LogP contribution is 2.13. The fourth-order valence-electron chi connectivity index (χ4n) is 10.5. The summed E-state index contributed by atoms with van der Waals surface area (Å²) in [6.45, 7) is 15.5. The van der Waals surface area contributed by atoms with Gasteiger partial charge in [-0.1, -0.05) is 41.5 Å². The van der Waals surface area contributed by atoms with Gasteiger partial charge in [-0.25, -0.2) is 9.78 Å². The lowest BCUT2D eigenvalue weighted by molar-refractivity contribution is -0.143. The number of carboxylic acids is 2. The SMILES string of the molecule is CC(C)C[C@H](NC(=O)[C@H](CCC(=O)O)NC(=O)[C@H](C)NC(=O)[C@H](CCC(N)=O)NC(=O)[C@H](CCC(N)=O)NC(=O)[C@H](CCCN=C(N)N)NC(=O)[C@H](C)NC(=O)[C@H](CO)NC(=O)[C@H](C)NC(=O)[C@H](Cc1cnc[nH]1)NC(=O)[C@H](C)NC(=O)[C@H](C)NC(=O)[C@H](CC(C)C)NC(=O)[C@@H](N)CC(C)C)C(=O)N[C@@H](CCC(N)=O)C(=O)O. The Morgan fingerprint density at radius 3 is 1.03 bits per heavy atom. The normalized spacial score (nSPS) is 15.1. The number of nitrogens with zero attached hydrogens (tertiary/aromatic N) is 2. The summed E-state index contributed by atoms with van der Waals surface area (Å²) in [5, 5.41) is 62.8. The Hall–Kier alpha value is -11.7. The number of nitrogens with two attached hydrogens (primary N) is 6. The van der Waals surface area contributed by atoms with Crippen molar-refractivity contribution in [3.63, 3.8) is 0 Å². The molecule has 15 atom stereocenters. The number of aliphatic carboxylic acids is 2. The Balaban J connectivity index is 3.40. The van der Waals surface area contributed by atoms with Crippen molar-refractivity contribution in [1.29, 1.82) is 0 Å². The molecule has 0 bridgehead atoms. The summed E-state index contributed by atoms with van der Waals surface area (Å²) in [5.41, 5.74) is 33.3. The highest BCUT2D eigenvalue weighted by molar-refractivity contribution is 6.01. The molecule has 1 aromatic rings. The zero-order chi connectivity index (χ0) is 86.3. The van der Waals surface area contributed by atoms with E-state index in [0.717, 1.165) is 13.8 Å². The molecular formula is C68H115N23O22. The maximum absolute atomic E-state index is 14.3. The summed E-state index contributed by atoms with van der Waals surface area (Å²) in [6, 6.07) is -22.7. The fourth-order valence-corrected chi connectivity index (χ4v) is 10.5. The molecule has 634 valence electrons. The van der Waals surface area contributed by atoms with Crippen LogP contribution in [0.5, 0.6) is 0 Å². The summed E-state index contributed by atoms with van der Waals surface area (Å²) < 4.78 is 0. The van der Waals surface area contributed by atoms with Crippen LogP contribution in [0.2, 0.25) is 0 Å². The number of aliphatic hydroxyl groups excluding tert-OH is 1. The zero-order valence-electron chi connectivity index (χ0n) is 65.3. The first kappa shape index (κ1) is 99.3.